The molecule has 4 N–H and O–H groups in total. The number of aromatic amines is 1. The highest BCUT2D eigenvalue weighted by Gasteiger charge is 2.16. The zero-order valence-electron chi connectivity index (χ0n) is 13.8. The number of likely N-dealkylation sites (N-methyl/N-ethyl adjacent to an activating group) is 1. The highest BCUT2D eigenvalue weighted by molar-refractivity contribution is 5.94. The topological polar surface area (TPSA) is 108 Å². The van der Waals surface area contributed by atoms with Gasteiger partial charge < -0.3 is 15.2 Å². The van der Waals surface area contributed by atoms with Gasteiger partial charge in [0.25, 0.3) is 11.5 Å². The second-order valence-electron chi connectivity index (χ2n) is 5.39. The first-order chi connectivity index (χ1) is 11.5. The van der Waals surface area contributed by atoms with Gasteiger partial charge in [-0.15, -0.1) is 0 Å². The van der Waals surface area contributed by atoms with Crippen molar-refractivity contribution in [2.45, 2.75) is 20.4 Å². The van der Waals surface area contributed by atoms with Gasteiger partial charge in [0, 0.05) is 6.54 Å². The van der Waals surface area contributed by atoms with Crippen LogP contribution in [0.2, 0.25) is 0 Å². The molecule has 0 radical (unpaired) electrons. The SMILES string of the molecule is CCNC(=O)NC(=O)C[NH+](CC)Cc1nc2ccccc2c(=O)[nH]1. The van der Waals surface area contributed by atoms with Gasteiger partial charge in [-0.1, -0.05) is 12.1 Å². The van der Waals surface area contributed by atoms with Crippen LogP contribution in [-0.2, 0) is 11.3 Å². The number of aromatic nitrogens is 2. The Kier molecular flexibility index (Phi) is 6.02. The molecule has 0 aliphatic heterocycles. The third-order valence-electron chi connectivity index (χ3n) is 3.58. The average Bonchev–Trinajstić information content (AvgIpc) is 2.54. The third-order valence-corrected chi connectivity index (χ3v) is 3.58. The molecule has 8 heteroatoms. The van der Waals surface area contributed by atoms with Gasteiger partial charge in [-0.05, 0) is 26.0 Å². The van der Waals surface area contributed by atoms with Gasteiger partial charge in [-0.25, -0.2) is 9.78 Å². The summed E-state index contributed by atoms with van der Waals surface area (Å²) in [5.74, 6) is 0.141. The molecule has 2 aromatic rings. The van der Waals surface area contributed by atoms with Gasteiger partial charge in [-0.2, -0.15) is 0 Å². The van der Waals surface area contributed by atoms with Crippen molar-refractivity contribution in [1.29, 1.82) is 0 Å². The van der Waals surface area contributed by atoms with Crippen LogP contribution < -0.4 is 21.1 Å². The van der Waals surface area contributed by atoms with Crippen molar-refractivity contribution in [2.24, 2.45) is 0 Å². The van der Waals surface area contributed by atoms with Crippen molar-refractivity contribution in [2.75, 3.05) is 19.6 Å². The molecule has 0 spiro atoms. The molecule has 1 unspecified atom stereocenters. The number of nitrogens with zero attached hydrogens (tertiary/aromatic N) is 1. The van der Waals surface area contributed by atoms with E-state index in [9.17, 15) is 14.4 Å². The van der Waals surface area contributed by atoms with Crippen molar-refractivity contribution < 1.29 is 14.5 Å². The number of carbonyl (C=O) groups excluding carboxylic acids is 2. The number of carbonyl (C=O) groups is 2. The fourth-order valence-electron chi connectivity index (χ4n) is 2.37. The summed E-state index contributed by atoms with van der Waals surface area (Å²) in [5, 5.41) is 5.31. The molecule has 2 rings (SSSR count). The number of hydrogen-bond donors (Lipinski definition) is 4. The number of benzene rings is 1. The van der Waals surface area contributed by atoms with Gasteiger partial charge >= 0.3 is 6.03 Å². The van der Waals surface area contributed by atoms with E-state index < -0.39 is 6.03 Å². The molecule has 8 nitrogen and oxygen atoms in total. The minimum Gasteiger partial charge on any atom is -0.338 e. The molecule has 0 bridgehead atoms. The lowest BCUT2D eigenvalue weighted by molar-refractivity contribution is -0.904. The second-order valence-corrected chi connectivity index (χ2v) is 5.39. The largest absolute Gasteiger partial charge is 0.338 e. The van der Waals surface area contributed by atoms with Crippen molar-refractivity contribution in [3.63, 3.8) is 0 Å². The smallest absolute Gasteiger partial charge is 0.321 e. The Labute approximate surface area is 139 Å². The van der Waals surface area contributed by atoms with E-state index in [4.69, 9.17) is 0 Å². The Balaban J connectivity index is 2.06. The summed E-state index contributed by atoms with van der Waals surface area (Å²) in [6.07, 6.45) is 0. The molecule has 0 fully saturated rings. The Morgan fingerprint density at radius 1 is 1.25 bits per heavy atom. The summed E-state index contributed by atoms with van der Waals surface area (Å²) in [6.45, 7) is 5.30. The molecule has 1 aromatic carbocycles. The van der Waals surface area contributed by atoms with Gasteiger partial charge in [0.2, 0.25) is 0 Å². The van der Waals surface area contributed by atoms with Gasteiger partial charge in [-0.3, -0.25) is 14.9 Å². The van der Waals surface area contributed by atoms with Crippen LogP contribution in [0.25, 0.3) is 10.9 Å². The highest BCUT2D eigenvalue weighted by Crippen LogP contribution is 2.04. The Bertz CT molecular complexity index is 787. The molecule has 24 heavy (non-hydrogen) atoms. The number of amides is 3. The van der Waals surface area contributed by atoms with Crippen molar-refractivity contribution in [1.82, 2.24) is 20.6 Å². The maximum absolute atomic E-state index is 12.1. The number of urea groups is 1. The number of fused-ring (bicyclic) bond motifs is 1. The predicted octanol–water partition coefficient (Wildman–Crippen LogP) is -0.826. The first-order valence-electron chi connectivity index (χ1n) is 7.92. The van der Waals surface area contributed by atoms with Gasteiger partial charge in [0.05, 0.1) is 17.4 Å². The number of rotatable bonds is 6. The monoisotopic (exact) mass is 332 g/mol. The van der Waals surface area contributed by atoms with E-state index in [0.717, 1.165) is 4.90 Å². The Morgan fingerprint density at radius 2 is 2.00 bits per heavy atom. The van der Waals surface area contributed by atoms with E-state index in [-0.39, 0.29) is 18.0 Å². The molecule has 0 aliphatic carbocycles. The molecule has 0 aliphatic rings. The van der Waals surface area contributed by atoms with E-state index >= 15 is 0 Å². The fourth-order valence-corrected chi connectivity index (χ4v) is 2.37. The summed E-state index contributed by atoms with van der Waals surface area (Å²) < 4.78 is 0. The lowest BCUT2D eigenvalue weighted by Gasteiger charge is -2.16. The molecular formula is C16H22N5O3+. The van der Waals surface area contributed by atoms with Crippen LogP contribution in [0, 0.1) is 0 Å². The van der Waals surface area contributed by atoms with E-state index in [1.54, 1.807) is 25.1 Å². The van der Waals surface area contributed by atoms with Gasteiger partial charge in [0.1, 0.15) is 6.54 Å². The fraction of sp³-hybridized carbons (Fsp3) is 0.375. The Morgan fingerprint density at radius 3 is 2.71 bits per heavy atom. The van der Waals surface area contributed by atoms with Crippen molar-refractivity contribution in [3.8, 4) is 0 Å². The van der Waals surface area contributed by atoms with E-state index in [0.29, 0.717) is 36.4 Å². The zero-order valence-corrected chi connectivity index (χ0v) is 13.8. The van der Waals surface area contributed by atoms with Crippen LogP contribution in [0.5, 0.6) is 0 Å². The third kappa shape index (κ3) is 4.63. The van der Waals surface area contributed by atoms with Crippen LogP contribution in [0.3, 0.4) is 0 Å². The lowest BCUT2D eigenvalue weighted by Crippen LogP contribution is -3.11. The normalized spacial score (nSPS) is 11.9. The highest BCUT2D eigenvalue weighted by atomic mass is 16.2. The van der Waals surface area contributed by atoms with Crippen LogP contribution in [0.15, 0.2) is 29.1 Å². The number of hydrogen-bond acceptors (Lipinski definition) is 4. The molecule has 1 atom stereocenters. The number of nitrogens with one attached hydrogen (secondary N) is 4. The summed E-state index contributed by atoms with van der Waals surface area (Å²) in [5.41, 5.74) is 0.427. The number of H-pyrrole nitrogens is 1. The number of para-hydroxylation sites is 1. The molecule has 0 saturated carbocycles. The molecule has 1 aromatic heterocycles. The number of quaternary nitrogens is 1. The van der Waals surface area contributed by atoms with E-state index in [1.165, 1.54) is 0 Å². The van der Waals surface area contributed by atoms with Crippen LogP contribution in [-0.4, -0.2) is 41.5 Å². The molecule has 3 amide bonds. The first-order valence-corrected chi connectivity index (χ1v) is 7.92. The van der Waals surface area contributed by atoms with Crippen molar-refractivity contribution >= 4 is 22.8 Å². The maximum atomic E-state index is 12.1. The second kappa shape index (κ2) is 8.21. The van der Waals surface area contributed by atoms with E-state index in [2.05, 4.69) is 20.6 Å². The van der Waals surface area contributed by atoms with Crippen LogP contribution in [0.4, 0.5) is 4.79 Å². The maximum Gasteiger partial charge on any atom is 0.321 e. The minimum absolute atomic E-state index is 0.115. The molecular weight excluding hydrogens is 310 g/mol. The molecule has 1 heterocycles. The standard InChI is InChI=1S/C16H21N5O3/c1-3-17-16(24)20-14(22)10-21(4-2)9-13-18-12-8-6-5-7-11(12)15(23)19-13/h5-8H,3-4,9-10H2,1-2H3,(H,18,19,23)(H2,17,20,22,24)/p+1. The summed E-state index contributed by atoms with van der Waals surface area (Å²) in [7, 11) is 0. The summed E-state index contributed by atoms with van der Waals surface area (Å²) >= 11 is 0. The van der Waals surface area contributed by atoms with Crippen LogP contribution >= 0.6 is 0 Å². The van der Waals surface area contributed by atoms with Gasteiger partial charge in [0.15, 0.2) is 12.4 Å². The lowest BCUT2D eigenvalue weighted by atomic mass is 10.2. The van der Waals surface area contributed by atoms with Crippen LogP contribution in [0.1, 0.15) is 19.7 Å². The summed E-state index contributed by atoms with van der Waals surface area (Å²) in [4.78, 5) is 43.4. The number of imide groups is 1. The Hall–Kier alpha value is -2.74. The average molecular weight is 332 g/mol. The zero-order chi connectivity index (χ0) is 17.5. The molecule has 128 valence electrons. The molecule has 0 saturated heterocycles. The summed E-state index contributed by atoms with van der Waals surface area (Å²) in [6, 6.07) is 6.60. The van der Waals surface area contributed by atoms with E-state index in [1.807, 2.05) is 13.0 Å². The quantitative estimate of drug-likeness (QED) is 0.554. The first kappa shape index (κ1) is 17.6. The van der Waals surface area contributed by atoms with Crippen molar-refractivity contribution in [3.05, 3.63) is 40.4 Å². The minimum atomic E-state index is -0.504. The predicted molar refractivity (Wildman–Crippen MR) is 89.7 cm³/mol.